The number of carbonyl (C=O) groups is 1. The van der Waals surface area contributed by atoms with E-state index in [2.05, 4.69) is 5.32 Å². The van der Waals surface area contributed by atoms with E-state index >= 15 is 0 Å². The van der Waals surface area contributed by atoms with Gasteiger partial charge in [-0.2, -0.15) is 0 Å². The second-order valence-electron chi connectivity index (χ2n) is 6.70. The summed E-state index contributed by atoms with van der Waals surface area (Å²) in [6.07, 6.45) is 0. The van der Waals surface area contributed by atoms with Crippen LogP contribution in [-0.4, -0.2) is 34.1 Å². The first-order valence-corrected chi connectivity index (χ1v) is 11.7. The molecule has 0 aliphatic carbocycles. The van der Waals surface area contributed by atoms with Crippen LogP contribution in [0.15, 0.2) is 83.8 Å². The van der Waals surface area contributed by atoms with Crippen LogP contribution in [0.4, 0.5) is 11.4 Å². The zero-order valence-electron chi connectivity index (χ0n) is 18.0. The van der Waals surface area contributed by atoms with Crippen molar-refractivity contribution in [2.45, 2.75) is 18.7 Å². The topological polar surface area (TPSA) is 84.9 Å². The summed E-state index contributed by atoms with van der Waals surface area (Å²) in [4.78, 5) is 13.1. The lowest BCUT2D eigenvalue weighted by atomic mass is 10.2. The molecule has 3 aromatic rings. The second-order valence-corrected chi connectivity index (χ2v) is 8.57. The number of benzene rings is 3. The van der Waals surface area contributed by atoms with E-state index in [0.29, 0.717) is 30.4 Å². The highest BCUT2D eigenvalue weighted by molar-refractivity contribution is 7.92. The molecule has 0 spiro atoms. The minimum absolute atomic E-state index is 0.0776. The summed E-state index contributed by atoms with van der Waals surface area (Å²) in [5.41, 5.74) is 0.751. The van der Waals surface area contributed by atoms with Crippen LogP contribution < -0.4 is 19.1 Å². The number of amides is 1. The normalized spacial score (nSPS) is 10.9. The molecule has 0 aliphatic heterocycles. The quantitative estimate of drug-likeness (QED) is 0.493. The fourth-order valence-corrected chi connectivity index (χ4v) is 4.58. The minimum atomic E-state index is -4.04. The van der Waals surface area contributed by atoms with Crippen molar-refractivity contribution in [1.29, 1.82) is 0 Å². The van der Waals surface area contributed by atoms with Crippen molar-refractivity contribution in [2.75, 3.05) is 29.4 Å². The first-order valence-electron chi connectivity index (χ1n) is 10.3. The Bertz CT molecular complexity index is 1150. The summed E-state index contributed by atoms with van der Waals surface area (Å²) in [7, 11) is -4.04. The third kappa shape index (κ3) is 5.39. The van der Waals surface area contributed by atoms with Gasteiger partial charge >= 0.3 is 0 Å². The molecule has 0 heterocycles. The largest absolute Gasteiger partial charge is 0.492 e. The third-order valence-electron chi connectivity index (χ3n) is 4.51. The molecule has 8 heteroatoms. The van der Waals surface area contributed by atoms with Gasteiger partial charge in [0, 0.05) is 0 Å². The van der Waals surface area contributed by atoms with Crippen molar-refractivity contribution in [3.8, 4) is 11.5 Å². The molecule has 3 aromatic carbocycles. The van der Waals surface area contributed by atoms with E-state index < -0.39 is 22.5 Å². The summed E-state index contributed by atoms with van der Waals surface area (Å²) >= 11 is 0. The molecule has 0 unspecified atom stereocenters. The Balaban J connectivity index is 1.98. The maximum Gasteiger partial charge on any atom is 0.264 e. The Labute approximate surface area is 188 Å². The van der Waals surface area contributed by atoms with E-state index in [0.717, 1.165) is 4.31 Å². The monoisotopic (exact) mass is 454 g/mol. The Morgan fingerprint density at radius 3 is 2.06 bits per heavy atom. The third-order valence-corrected chi connectivity index (χ3v) is 6.29. The van der Waals surface area contributed by atoms with Crippen molar-refractivity contribution in [3.05, 3.63) is 78.9 Å². The number of para-hydroxylation sites is 4. The minimum Gasteiger partial charge on any atom is -0.492 e. The predicted molar refractivity (Wildman–Crippen MR) is 125 cm³/mol. The summed E-state index contributed by atoms with van der Waals surface area (Å²) in [6.45, 7) is 4.00. The molecular formula is C24H26N2O5S. The average Bonchev–Trinajstić information content (AvgIpc) is 2.80. The van der Waals surface area contributed by atoms with Crippen LogP contribution in [0, 0.1) is 0 Å². The molecule has 1 amide bonds. The van der Waals surface area contributed by atoms with E-state index in [1.807, 2.05) is 13.8 Å². The summed E-state index contributed by atoms with van der Waals surface area (Å²) in [5.74, 6) is 0.371. The van der Waals surface area contributed by atoms with Crippen LogP contribution >= 0.6 is 0 Å². The highest BCUT2D eigenvalue weighted by atomic mass is 32.2. The van der Waals surface area contributed by atoms with Gasteiger partial charge in [0.1, 0.15) is 18.0 Å². The number of nitrogens with one attached hydrogen (secondary N) is 1. The van der Waals surface area contributed by atoms with Crippen LogP contribution in [0.2, 0.25) is 0 Å². The Hall–Kier alpha value is -3.52. The van der Waals surface area contributed by atoms with Gasteiger partial charge in [-0.05, 0) is 50.2 Å². The van der Waals surface area contributed by atoms with Crippen LogP contribution in [0.5, 0.6) is 11.5 Å². The van der Waals surface area contributed by atoms with Gasteiger partial charge in [-0.1, -0.05) is 42.5 Å². The zero-order valence-corrected chi connectivity index (χ0v) is 18.8. The summed E-state index contributed by atoms with van der Waals surface area (Å²) in [6, 6.07) is 21.7. The Morgan fingerprint density at radius 1 is 0.812 bits per heavy atom. The Kier molecular flexibility index (Phi) is 7.72. The maximum absolute atomic E-state index is 13.5. The highest BCUT2D eigenvalue weighted by Crippen LogP contribution is 2.32. The van der Waals surface area contributed by atoms with E-state index in [-0.39, 0.29) is 10.6 Å². The average molecular weight is 455 g/mol. The van der Waals surface area contributed by atoms with Gasteiger partial charge < -0.3 is 14.8 Å². The number of hydrogen-bond donors (Lipinski definition) is 1. The second kappa shape index (κ2) is 10.7. The number of sulfonamides is 1. The molecule has 0 radical (unpaired) electrons. The number of nitrogens with zero attached hydrogens (tertiary/aromatic N) is 1. The smallest absolute Gasteiger partial charge is 0.264 e. The first kappa shape index (κ1) is 23.1. The molecule has 168 valence electrons. The molecule has 0 aromatic heterocycles. The molecular weight excluding hydrogens is 428 g/mol. The van der Waals surface area contributed by atoms with Crippen molar-refractivity contribution in [2.24, 2.45) is 0 Å². The molecule has 1 N–H and O–H groups in total. The van der Waals surface area contributed by atoms with Crippen molar-refractivity contribution in [3.63, 3.8) is 0 Å². The fourth-order valence-electron chi connectivity index (χ4n) is 3.13. The summed E-state index contributed by atoms with van der Waals surface area (Å²) < 4.78 is 39.3. The van der Waals surface area contributed by atoms with Crippen LogP contribution in [0.25, 0.3) is 0 Å². The maximum atomic E-state index is 13.5. The number of ether oxygens (including phenoxy) is 2. The van der Waals surface area contributed by atoms with Crippen molar-refractivity contribution >= 4 is 27.3 Å². The lowest BCUT2D eigenvalue weighted by Gasteiger charge is -2.26. The first-order chi connectivity index (χ1) is 15.5. The van der Waals surface area contributed by atoms with Gasteiger partial charge in [-0.3, -0.25) is 9.10 Å². The predicted octanol–water partition coefficient (Wildman–Crippen LogP) is 4.32. The standard InChI is InChI=1S/C24H26N2O5S/c1-3-30-22-16-10-8-14-20(22)25-24(27)18-26(21-15-9-11-17-23(21)31-4-2)32(28,29)19-12-6-5-7-13-19/h5-17H,3-4,18H2,1-2H3,(H,25,27). The molecule has 32 heavy (non-hydrogen) atoms. The molecule has 0 fully saturated rings. The molecule has 0 atom stereocenters. The van der Waals surface area contributed by atoms with Gasteiger partial charge in [0.25, 0.3) is 10.0 Å². The number of hydrogen-bond acceptors (Lipinski definition) is 5. The van der Waals surface area contributed by atoms with Gasteiger partial charge in [0.05, 0.1) is 29.5 Å². The van der Waals surface area contributed by atoms with Gasteiger partial charge in [0.2, 0.25) is 5.91 Å². The van der Waals surface area contributed by atoms with Crippen molar-refractivity contribution in [1.82, 2.24) is 0 Å². The van der Waals surface area contributed by atoms with E-state index in [1.165, 1.54) is 12.1 Å². The highest BCUT2D eigenvalue weighted by Gasteiger charge is 2.29. The van der Waals surface area contributed by atoms with Crippen LogP contribution in [0.3, 0.4) is 0 Å². The van der Waals surface area contributed by atoms with E-state index in [1.54, 1.807) is 66.7 Å². The fraction of sp³-hybridized carbons (Fsp3) is 0.208. The lowest BCUT2D eigenvalue weighted by Crippen LogP contribution is -2.38. The van der Waals surface area contributed by atoms with Gasteiger partial charge in [-0.15, -0.1) is 0 Å². The van der Waals surface area contributed by atoms with Crippen LogP contribution in [0.1, 0.15) is 13.8 Å². The molecule has 3 rings (SSSR count). The number of rotatable bonds is 10. The lowest BCUT2D eigenvalue weighted by molar-refractivity contribution is -0.114. The molecule has 0 saturated carbocycles. The van der Waals surface area contributed by atoms with E-state index in [9.17, 15) is 13.2 Å². The van der Waals surface area contributed by atoms with Gasteiger partial charge in [-0.25, -0.2) is 8.42 Å². The van der Waals surface area contributed by atoms with Crippen LogP contribution in [-0.2, 0) is 14.8 Å². The molecule has 0 saturated heterocycles. The van der Waals surface area contributed by atoms with Gasteiger partial charge in [0.15, 0.2) is 0 Å². The number of carbonyl (C=O) groups excluding carboxylic acids is 1. The number of anilines is 2. The molecule has 0 bridgehead atoms. The van der Waals surface area contributed by atoms with E-state index in [4.69, 9.17) is 9.47 Å². The summed E-state index contributed by atoms with van der Waals surface area (Å²) in [5, 5.41) is 2.76. The molecule has 7 nitrogen and oxygen atoms in total. The molecule has 0 aliphatic rings. The van der Waals surface area contributed by atoms with Crippen molar-refractivity contribution < 1.29 is 22.7 Å². The SMILES string of the molecule is CCOc1ccccc1NC(=O)CN(c1ccccc1OCC)S(=O)(=O)c1ccccc1. The zero-order chi connectivity index (χ0) is 23.0. The Morgan fingerprint density at radius 2 is 1.38 bits per heavy atom.